The number of carbonyl (C=O) groups excluding carboxylic acids is 2. The molecule has 1 heterocycles. The molecule has 0 spiro atoms. The molecule has 7 heteroatoms. The Kier molecular flexibility index (Phi) is 4.26. The minimum absolute atomic E-state index is 0.0194. The number of rotatable bonds is 4. The van der Waals surface area contributed by atoms with Gasteiger partial charge in [-0.25, -0.2) is 8.42 Å². The SMILES string of the molecule is CC(CS(C)(=O)=O)NC1CCC(=O)N(C)C1=O. The zero-order chi connectivity index (χ0) is 13.2. The fourth-order valence-electron chi connectivity index (χ4n) is 1.92. The van der Waals surface area contributed by atoms with Gasteiger partial charge in [0.15, 0.2) is 0 Å². The van der Waals surface area contributed by atoms with Crippen LogP contribution in [0.15, 0.2) is 0 Å². The fourth-order valence-corrected chi connectivity index (χ4v) is 2.92. The topological polar surface area (TPSA) is 83.6 Å². The summed E-state index contributed by atoms with van der Waals surface area (Å²) in [5.74, 6) is -0.500. The maximum absolute atomic E-state index is 11.7. The summed E-state index contributed by atoms with van der Waals surface area (Å²) in [7, 11) is -1.63. The van der Waals surface area contributed by atoms with E-state index in [4.69, 9.17) is 0 Å². The van der Waals surface area contributed by atoms with Crippen molar-refractivity contribution in [1.82, 2.24) is 10.2 Å². The smallest absolute Gasteiger partial charge is 0.246 e. The van der Waals surface area contributed by atoms with Crippen LogP contribution < -0.4 is 5.32 Å². The number of likely N-dealkylation sites (tertiary alicyclic amines) is 1. The molecule has 98 valence electrons. The Balaban J connectivity index is 2.58. The van der Waals surface area contributed by atoms with E-state index in [9.17, 15) is 18.0 Å². The zero-order valence-corrected chi connectivity index (χ0v) is 11.1. The summed E-state index contributed by atoms with van der Waals surface area (Å²) in [4.78, 5) is 24.1. The van der Waals surface area contributed by atoms with E-state index < -0.39 is 15.9 Å². The number of carbonyl (C=O) groups is 2. The van der Waals surface area contributed by atoms with Crippen molar-refractivity contribution in [1.29, 1.82) is 0 Å². The average molecular weight is 262 g/mol. The van der Waals surface area contributed by atoms with Gasteiger partial charge < -0.3 is 5.32 Å². The van der Waals surface area contributed by atoms with E-state index in [1.54, 1.807) is 6.92 Å². The average Bonchev–Trinajstić information content (AvgIpc) is 2.16. The molecule has 0 radical (unpaired) electrons. The van der Waals surface area contributed by atoms with E-state index in [0.29, 0.717) is 12.8 Å². The monoisotopic (exact) mass is 262 g/mol. The summed E-state index contributed by atoms with van der Waals surface area (Å²) in [5, 5.41) is 2.95. The van der Waals surface area contributed by atoms with Gasteiger partial charge in [-0.2, -0.15) is 0 Å². The van der Waals surface area contributed by atoms with E-state index >= 15 is 0 Å². The quantitative estimate of drug-likeness (QED) is 0.668. The highest BCUT2D eigenvalue weighted by Gasteiger charge is 2.32. The van der Waals surface area contributed by atoms with Gasteiger partial charge in [-0.05, 0) is 13.3 Å². The summed E-state index contributed by atoms with van der Waals surface area (Å²) in [6.07, 6.45) is 1.89. The third-order valence-electron chi connectivity index (χ3n) is 2.69. The van der Waals surface area contributed by atoms with Crippen LogP contribution in [0.4, 0.5) is 0 Å². The van der Waals surface area contributed by atoms with Crippen molar-refractivity contribution in [3.05, 3.63) is 0 Å². The van der Waals surface area contributed by atoms with Crippen molar-refractivity contribution in [3.8, 4) is 0 Å². The fraction of sp³-hybridized carbons (Fsp3) is 0.800. The molecule has 17 heavy (non-hydrogen) atoms. The molecule has 1 aliphatic rings. The molecule has 1 N–H and O–H groups in total. The third kappa shape index (κ3) is 4.08. The molecule has 2 unspecified atom stereocenters. The standard InChI is InChI=1S/C10H18N2O4S/c1-7(6-17(3,15)16)11-8-4-5-9(13)12(2)10(8)14/h7-8,11H,4-6H2,1-3H3. The number of piperidine rings is 1. The Morgan fingerprint density at radius 2 is 2.06 bits per heavy atom. The van der Waals surface area contributed by atoms with Crippen molar-refractivity contribution in [2.45, 2.75) is 31.8 Å². The first kappa shape index (κ1) is 14.1. The van der Waals surface area contributed by atoms with E-state index in [2.05, 4.69) is 5.32 Å². The van der Waals surface area contributed by atoms with Crippen molar-refractivity contribution in [2.75, 3.05) is 19.1 Å². The van der Waals surface area contributed by atoms with Gasteiger partial charge in [-0.1, -0.05) is 0 Å². The molecule has 0 bridgehead atoms. The Morgan fingerprint density at radius 1 is 1.47 bits per heavy atom. The molecule has 2 atom stereocenters. The number of nitrogens with zero attached hydrogens (tertiary/aromatic N) is 1. The highest BCUT2D eigenvalue weighted by molar-refractivity contribution is 7.90. The second kappa shape index (κ2) is 5.14. The molecular formula is C10H18N2O4S. The minimum Gasteiger partial charge on any atom is -0.302 e. The summed E-state index contributed by atoms with van der Waals surface area (Å²) < 4.78 is 22.2. The Morgan fingerprint density at radius 3 is 2.59 bits per heavy atom. The van der Waals surface area contributed by atoms with Crippen LogP contribution in [0.1, 0.15) is 19.8 Å². The number of imide groups is 1. The predicted octanol–water partition coefficient (Wildman–Crippen LogP) is -0.843. The zero-order valence-electron chi connectivity index (χ0n) is 10.3. The van der Waals surface area contributed by atoms with Crippen LogP contribution in [-0.2, 0) is 19.4 Å². The molecule has 1 rings (SSSR count). The van der Waals surface area contributed by atoms with Gasteiger partial charge >= 0.3 is 0 Å². The maximum atomic E-state index is 11.7. The molecule has 0 aliphatic carbocycles. The van der Waals surface area contributed by atoms with E-state index in [1.165, 1.54) is 7.05 Å². The van der Waals surface area contributed by atoms with Crippen LogP contribution in [0.2, 0.25) is 0 Å². The first-order valence-corrected chi connectivity index (χ1v) is 7.51. The largest absolute Gasteiger partial charge is 0.302 e. The van der Waals surface area contributed by atoms with Crippen LogP contribution in [-0.4, -0.2) is 56.3 Å². The molecule has 1 saturated heterocycles. The molecule has 1 aliphatic heterocycles. The van der Waals surface area contributed by atoms with Gasteiger partial charge in [0.05, 0.1) is 11.8 Å². The Labute approximate surface area is 101 Å². The summed E-state index contributed by atoms with van der Waals surface area (Å²) in [6.45, 7) is 1.71. The number of hydrogen-bond donors (Lipinski definition) is 1. The molecule has 6 nitrogen and oxygen atoms in total. The number of sulfone groups is 1. The second-order valence-electron chi connectivity index (χ2n) is 4.54. The van der Waals surface area contributed by atoms with E-state index in [1.807, 2.05) is 0 Å². The molecule has 1 fully saturated rings. The van der Waals surface area contributed by atoms with Crippen molar-refractivity contribution >= 4 is 21.7 Å². The van der Waals surface area contributed by atoms with Crippen LogP contribution >= 0.6 is 0 Å². The van der Waals surface area contributed by atoms with E-state index in [-0.39, 0.29) is 23.6 Å². The molecule has 2 amide bonds. The van der Waals surface area contributed by atoms with E-state index in [0.717, 1.165) is 11.2 Å². The van der Waals surface area contributed by atoms with Crippen LogP contribution in [0.5, 0.6) is 0 Å². The third-order valence-corrected chi connectivity index (χ3v) is 3.79. The van der Waals surface area contributed by atoms with Gasteiger partial charge in [-0.3, -0.25) is 14.5 Å². The highest BCUT2D eigenvalue weighted by Crippen LogP contribution is 2.12. The number of nitrogens with one attached hydrogen (secondary N) is 1. The lowest BCUT2D eigenvalue weighted by molar-refractivity contribution is -0.148. The minimum atomic E-state index is -3.07. The number of hydrogen-bond acceptors (Lipinski definition) is 5. The molecule has 0 aromatic carbocycles. The first-order valence-electron chi connectivity index (χ1n) is 5.45. The first-order chi connectivity index (χ1) is 7.70. The summed E-state index contributed by atoms with van der Waals surface area (Å²) >= 11 is 0. The maximum Gasteiger partial charge on any atom is 0.246 e. The van der Waals surface area contributed by atoms with Gasteiger partial charge in [-0.15, -0.1) is 0 Å². The van der Waals surface area contributed by atoms with Crippen molar-refractivity contribution in [2.24, 2.45) is 0 Å². The molecular weight excluding hydrogens is 244 g/mol. The molecule has 0 aromatic heterocycles. The summed E-state index contributed by atoms with van der Waals surface area (Å²) in [6, 6.07) is -0.769. The van der Waals surface area contributed by atoms with Gasteiger partial charge in [0.1, 0.15) is 9.84 Å². The van der Waals surface area contributed by atoms with Gasteiger partial charge in [0.2, 0.25) is 11.8 Å². The lowest BCUT2D eigenvalue weighted by atomic mass is 10.0. The highest BCUT2D eigenvalue weighted by atomic mass is 32.2. The normalized spacial score (nSPS) is 23.9. The second-order valence-corrected chi connectivity index (χ2v) is 6.73. The van der Waals surface area contributed by atoms with Crippen molar-refractivity contribution in [3.63, 3.8) is 0 Å². The lowest BCUT2D eigenvalue weighted by Crippen LogP contribution is -2.54. The molecule has 0 saturated carbocycles. The number of amides is 2. The van der Waals surface area contributed by atoms with Crippen LogP contribution in [0.25, 0.3) is 0 Å². The van der Waals surface area contributed by atoms with Gasteiger partial charge in [0.25, 0.3) is 0 Å². The van der Waals surface area contributed by atoms with Crippen molar-refractivity contribution < 1.29 is 18.0 Å². The molecule has 0 aromatic rings. The Hall–Kier alpha value is -0.950. The van der Waals surface area contributed by atoms with Crippen LogP contribution in [0.3, 0.4) is 0 Å². The number of likely N-dealkylation sites (N-methyl/N-ethyl adjacent to an activating group) is 1. The van der Waals surface area contributed by atoms with Crippen LogP contribution in [0, 0.1) is 0 Å². The summed E-state index contributed by atoms with van der Waals surface area (Å²) in [5.41, 5.74) is 0. The van der Waals surface area contributed by atoms with Gasteiger partial charge in [0, 0.05) is 25.8 Å². The lowest BCUT2D eigenvalue weighted by Gasteiger charge is -2.30. The predicted molar refractivity (Wildman–Crippen MR) is 63.1 cm³/mol. The Bertz CT molecular complexity index is 418.